The number of nitrogens with two attached hydrogens (primary N) is 1. The smallest absolute Gasteiger partial charge is 0.313 e. The minimum absolute atomic E-state index is 0.152. The fraction of sp³-hybridized carbons (Fsp3) is 0.500. The highest BCUT2D eigenvalue weighted by molar-refractivity contribution is 6.39. The molecule has 0 unspecified atom stereocenters. The third-order valence-corrected chi connectivity index (χ3v) is 7.91. The molecule has 2 amide bonds. The number of nitrogens with zero attached hydrogens (tertiary/aromatic N) is 5. The van der Waals surface area contributed by atoms with Gasteiger partial charge in [-0.15, -0.1) is 0 Å². The number of fused-ring (bicyclic) bond motifs is 1. The van der Waals surface area contributed by atoms with Gasteiger partial charge in [0.15, 0.2) is 0 Å². The minimum Gasteiger partial charge on any atom is -0.383 e. The van der Waals surface area contributed by atoms with Crippen LogP contribution in [0.5, 0.6) is 0 Å². The lowest BCUT2D eigenvalue weighted by atomic mass is 9.89. The summed E-state index contributed by atoms with van der Waals surface area (Å²) in [6.45, 7) is 6.80. The number of nitrogens with one attached hydrogen (secondary N) is 1. The van der Waals surface area contributed by atoms with E-state index in [1.165, 1.54) is 6.20 Å². The predicted molar refractivity (Wildman–Crippen MR) is 145 cm³/mol. The van der Waals surface area contributed by atoms with Crippen molar-refractivity contribution in [1.29, 1.82) is 0 Å². The normalized spacial score (nSPS) is 21.3. The van der Waals surface area contributed by atoms with E-state index in [9.17, 15) is 9.59 Å². The fourth-order valence-corrected chi connectivity index (χ4v) is 5.63. The minimum atomic E-state index is -0.649. The Balaban J connectivity index is 1.36. The van der Waals surface area contributed by atoms with Gasteiger partial charge >= 0.3 is 11.8 Å². The largest absolute Gasteiger partial charge is 0.383 e. The van der Waals surface area contributed by atoms with Gasteiger partial charge in [0.05, 0.1) is 29.5 Å². The second-order valence-electron chi connectivity index (χ2n) is 10.7. The number of anilines is 2. The molecule has 2 aliphatic rings. The number of hydrogen-bond donors (Lipinski definition) is 2. The number of likely N-dealkylation sites (tertiary alicyclic amines) is 2. The molecular formula is C28H37N7O2. The standard InChI is InChI=1S/C28H37N7O2/c1-4-19-14-22(15-30-26(19)29)31-27(36)28(37)34-16-18(2)5-8-25(34)20-6-7-24-21(13-20)17-35(32-24)23-9-11-33(3)12-10-23/h6-7,13-15,17-18,23,25H,4-5,8-12,16H2,1-3H3,(H2,29,30)(H,31,36)/t18-,25+/m0/s1. The average molecular weight is 504 g/mol. The lowest BCUT2D eigenvalue weighted by Crippen LogP contribution is -2.46. The monoisotopic (exact) mass is 503 g/mol. The molecule has 37 heavy (non-hydrogen) atoms. The van der Waals surface area contributed by atoms with E-state index in [-0.39, 0.29) is 6.04 Å². The van der Waals surface area contributed by atoms with Crippen molar-refractivity contribution in [1.82, 2.24) is 24.6 Å². The van der Waals surface area contributed by atoms with Crippen LogP contribution in [0.25, 0.3) is 10.9 Å². The average Bonchev–Trinajstić information content (AvgIpc) is 3.33. The van der Waals surface area contributed by atoms with Crippen molar-refractivity contribution >= 4 is 34.2 Å². The highest BCUT2D eigenvalue weighted by Crippen LogP contribution is 2.35. The predicted octanol–water partition coefficient (Wildman–Crippen LogP) is 3.78. The number of aryl methyl sites for hydroxylation is 1. The Bertz CT molecular complexity index is 1290. The number of benzene rings is 1. The van der Waals surface area contributed by atoms with Gasteiger partial charge in [-0.1, -0.05) is 19.9 Å². The van der Waals surface area contributed by atoms with Gasteiger partial charge in [-0.3, -0.25) is 14.3 Å². The molecule has 3 N–H and O–H groups in total. The molecule has 2 fully saturated rings. The highest BCUT2D eigenvalue weighted by atomic mass is 16.2. The van der Waals surface area contributed by atoms with Crippen molar-refractivity contribution in [2.75, 3.05) is 37.7 Å². The molecule has 0 radical (unpaired) electrons. The summed E-state index contributed by atoms with van der Waals surface area (Å²) in [5.74, 6) is -0.405. The van der Waals surface area contributed by atoms with Crippen LogP contribution in [0.1, 0.15) is 62.7 Å². The summed E-state index contributed by atoms with van der Waals surface area (Å²) < 4.78 is 2.12. The summed E-state index contributed by atoms with van der Waals surface area (Å²) in [5.41, 5.74) is 9.21. The summed E-state index contributed by atoms with van der Waals surface area (Å²) >= 11 is 0. The number of rotatable bonds is 4. The third kappa shape index (κ3) is 5.32. The van der Waals surface area contributed by atoms with E-state index in [0.717, 1.165) is 60.8 Å². The zero-order chi connectivity index (χ0) is 26.1. The lowest BCUT2D eigenvalue weighted by molar-refractivity contribution is -0.146. The summed E-state index contributed by atoms with van der Waals surface area (Å²) in [5, 5.41) is 8.66. The fourth-order valence-electron chi connectivity index (χ4n) is 5.63. The van der Waals surface area contributed by atoms with Crippen molar-refractivity contribution in [3.63, 3.8) is 0 Å². The van der Waals surface area contributed by atoms with Crippen molar-refractivity contribution in [3.05, 3.63) is 47.8 Å². The summed E-state index contributed by atoms with van der Waals surface area (Å²) in [7, 11) is 2.16. The van der Waals surface area contributed by atoms with E-state index in [1.54, 1.807) is 11.0 Å². The van der Waals surface area contributed by atoms with Crippen LogP contribution in [0, 0.1) is 5.92 Å². The number of aromatic nitrogens is 3. The second kappa shape index (κ2) is 10.5. The van der Waals surface area contributed by atoms with Gasteiger partial charge in [-0.25, -0.2) is 4.98 Å². The molecule has 0 aliphatic carbocycles. The number of pyridine rings is 1. The molecule has 3 aromatic rings. The van der Waals surface area contributed by atoms with Gasteiger partial charge in [-0.05, 0) is 87.5 Å². The molecule has 196 valence electrons. The van der Waals surface area contributed by atoms with Gasteiger partial charge in [-0.2, -0.15) is 5.10 Å². The van der Waals surface area contributed by atoms with Gasteiger partial charge in [0.2, 0.25) is 0 Å². The second-order valence-corrected chi connectivity index (χ2v) is 10.7. The quantitative estimate of drug-likeness (QED) is 0.525. The Morgan fingerprint density at radius 3 is 2.68 bits per heavy atom. The molecule has 0 saturated carbocycles. The van der Waals surface area contributed by atoms with Gasteiger partial charge in [0.1, 0.15) is 5.82 Å². The topological polar surface area (TPSA) is 109 Å². The van der Waals surface area contributed by atoms with Crippen LogP contribution in [0.15, 0.2) is 36.7 Å². The molecule has 1 aromatic carbocycles. The van der Waals surface area contributed by atoms with Gasteiger partial charge in [0.25, 0.3) is 0 Å². The number of nitrogen functional groups attached to an aromatic ring is 1. The van der Waals surface area contributed by atoms with Gasteiger partial charge < -0.3 is 20.9 Å². The molecule has 9 heteroatoms. The van der Waals surface area contributed by atoms with E-state index >= 15 is 0 Å². The van der Waals surface area contributed by atoms with Crippen LogP contribution in [0.3, 0.4) is 0 Å². The van der Waals surface area contributed by atoms with Crippen molar-refractivity contribution in [3.8, 4) is 0 Å². The van der Waals surface area contributed by atoms with Crippen molar-refractivity contribution in [2.45, 2.75) is 58.0 Å². The van der Waals surface area contributed by atoms with Crippen LogP contribution in [0.2, 0.25) is 0 Å². The highest BCUT2D eigenvalue weighted by Gasteiger charge is 2.34. The zero-order valence-corrected chi connectivity index (χ0v) is 22.0. The Labute approximate surface area is 218 Å². The maximum Gasteiger partial charge on any atom is 0.313 e. The van der Waals surface area contributed by atoms with Crippen molar-refractivity contribution < 1.29 is 9.59 Å². The van der Waals surface area contributed by atoms with E-state index in [0.29, 0.717) is 36.4 Å². The van der Waals surface area contributed by atoms with Crippen LogP contribution in [-0.4, -0.2) is 63.1 Å². The molecule has 0 spiro atoms. The number of piperidine rings is 2. The first-order chi connectivity index (χ1) is 17.8. The van der Waals surface area contributed by atoms with E-state index in [1.807, 2.05) is 13.0 Å². The first-order valence-electron chi connectivity index (χ1n) is 13.4. The molecule has 2 aromatic heterocycles. The molecular weight excluding hydrogens is 466 g/mol. The molecule has 2 aliphatic heterocycles. The number of carbonyl (C=O) groups excluding carboxylic acids is 2. The van der Waals surface area contributed by atoms with Gasteiger partial charge in [0, 0.05) is 18.1 Å². The summed E-state index contributed by atoms with van der Waals surface area (Å²) in [6, 6.07) is 8.29. The molecule has 9 nitrogen and oxygen atoms in total. The zero-order valence-electron chi connectivity index (χ0n) is 22.0. The Hall–Kier alpha value is -3.46. The number of carbonyl (C=O) groups is 2. The molecule has 2 atom stereocenters. The number of amides is 2. The summed E-state index contributed by atoms with van der Waals surface area (Å²) in [4.78, 5) is 34.7. The van der Waals surface area contributed by atoms with E-state index in [4.69, 9.17) is 10.8 Å². The molecule has 5 rings (SSSR count). The summed E-state index contributed by atoms with van der Waals surface area (Å²) in [6.07, 6.45) is 8.34. The first-order valence-corrected chi connectivity index (χ1v) is 13.4. The van der Waals surface area contributed by atoms with E-state index < -0.39 is 11.8 Å². The van der Waals surface area contributed by atoms with Crippen molar-refractivity contribution in [2.24, 2.45) is 5.92 Å². The SMILES string of the molecule is CCc1cc(NC(=O)C(=O)N2C[C@@H](C)CC[C@@H]2c2ccc3nn(C4CCN(C)CC4)cc3c2)cnc1N. The Kier molecular flexibility index (Phi) is 7.15. The number of hydrogen-bond acceptors (Lipinski definition) is 6. The van der Waals surface area contributed by atoms with Crippen LogP contribution >= 0.6 is 0 Å². The van der Waals surface area contributed by atoms with Crippen LogP contribution < -0.4 is 11.1 Å². The maximum absolute atomic E-state index is 13.4. The Morgan fingerprint density at radius 2 is 1.92 bits per heavy atom. The Morgan fingerprint density at radius 1 is 1.14 bits per heavy atom. The van der Waals surface area contributed by atoms with E-state index in [2.05, 4.69) is 52.2 Å². The lowest BCUT2D eigenvalue weighted by Gasteiger charge is -2.38. The van der Waals surface area contributed by atoms with Crippen LogP contribution in [-0.2, 0) is 16.0 Å². The molecule has 2 saturated heterocycles. The molecule has 4 heterocycles. The molecule has 0 bridgehead atoms. The maximum atomic E-state index is 13.4. The first kappa shape index (κ1) is 25.2. The third-order valence-electron chi connectivity index (χ3n) is 7.91. The van der Waals surface area contributed by atoms with Crippen LogP contribution in [0.4, 0.5) is 11.5 Å².